The van der Waals surface area contributed by atoms with Crippen LogP contribution in [0.25, 0.3) is 11.0 Å². The maximum atomic E-state index is 13.6. The Morgan fingerprint density at radius 3 is 2.61 bits per heavy atom. The molecule has 1 saturated carbocycles. The third-order valence-electron chi connectivity index (χ3n) is 6.74. The van der Waals surface area contributed by atoms with Crippen LogP contribution in [-0.4, -0.2) is 27.4 Å². The smallest absolute Gasteiger partial charge is 0.253 e. The lowest BCUT2D eigenvalue weighted by atomic mass is 9.85. The summed E-state index contributed by atoms with van der Waals surface area (Å²) >= 11 is 0. The Balaban J connectivity index is 1.43. The Hall–Kier alpha value is -3.15. The van der Waals surface area contributed by atoms with Crippen LogP contribution in [-0.2, 0) is 16.1 Å². The predicted octanol–water partition coefficient (Wildman–Crippen LogP) is 4.21. The molecule has 0 saturated heterocycles. The van der Waals surface area contributed by atoms with Gasteiger partial charge in [-0.2, -0.15) is 0 Å². The molecule has 2 aromatic carbocycles. The van der Waals surface area contributed by atoms with Crippen molar-refractivity contribution in [3.8, 4) is 0 Å². The van der Waals surface area contributed by atoms with Gasteiger partial charge in [-0.3, -0.25) is 19.1 Å². The van der Waals surface area contributed by atoms with Gasteiger partial charge in [-0.05, 0) is 36.5 Å². The van der Waals surface area contributed by atoms with Crippen molar-refractivity contribution in [2.75, 3.05) is 4.90 Å². The first-order valence-corrected chi connectivity index (χ1v) is 11.2. The largest absolute Gasteiger partial charge is 0.352 e. The van der Waals surface area contributed by atoms with Gasteiger partial charge in [-0.25, -0.2) is 4.98 Å². The summed E-state index contributed by atoms with van der Waals surface area (Å²) < 4.78 is 1.99. The highest BCUT2D eigenvalue weighted by Crippen LogP contribution is 2.41. The van der Waals surface area contributed by atoms with Gasteiger partial charge in [-0.1, -0.05) is 62.2 Å². The van der Waals surface area contributed by atoms with E-state index in [2.05, 4.69) is 12.2 Å². The number of nitrogens with one attached hydrogen (secondary N) is 1. The van der Waals surface area contributed by atoms with Crippen molar-refractivity contribution in [2.45, 2.75) is 57.7 Å². The van der Waals surface area contributed by atoms with Crippen LogP contribution in [0.5, 0.6) is 0 Å². The minimum absolute atomic E-state index is 0.00173. The molecule has 2 amide bonds. The second-order valence-electron chi connectivity index (χ2n) is 8.79. The lowest BCUT2D eigenvalue weighted by molar-refractivity contribution is -0.127. The molecule has 0 spiro atoms. The van der Waals surface area contributed by atoms with Crippen molar-refractivity contribution in [2.24, 2.45) is 5.92 Å². The molecule has 0 bridgehead atoms. The Kier molecular flexibility index (Phi) is 5.22. The first-order valence-electron chi connectivity index (χ1n) is 11.2. The zero-order valence-corrected chi connectivity index (χ0v) is 17.8. The quantitative estimate of drug-likeness (QED) is 0.678. The van der Waals surface area contributed by atoms with Gasteiger partial charge in [0, 0.05) is 12.6 Å². The maximum Gasteiger partial charge on any atom is 0.253 e. The third-order valence-corrected chi connectivity index (χ3v) is 6.74. The van der Waals surface area contributed by atoms with Gasteiger partial charge in [-0.15, -0.1) is 0 Å². The SMILES string of the molecule is C[C@@H]1CCCC[C@@H]1N1C(=O)[C@@H](CC(=O)NCc2ccccc2)n2c1nc1ccccc12. The molecule has 31 heavy (non-hydrogen) atoms. The number of para-hydroxylation sites is 2. The highest BCUT2D eigenvalue weighted by atomic mass is 16.2. The monoisotopic (exact) mass is 416 g/mol. The van der Waals surface area contributed by atoms with E-state index in [0.29, 0.717) is 18.4 Å². The average Bonchev–Trinajstić information content (AvgIpc) is 3.28. The zero-order chi connectivity index (χ0) is 21.4. The number of benzene rings is 2. The Bertz CT molecular complexity index is 1110. The van der Waals surface area contributed by atoms with Crippen molar-refractivity contribution < 1.29 is 9.59 Å². The highest BCUT2D eigenvalue weighted by molar-refractivity contribution is 6.04. The lowest BCUT2D eigenvalue weighted by Gasteiger charge is -2.35. The summed E-state index contributed by atoms with van der Waals surface area (Å²) in [6.07, 6.45) is 4.57. The summed E-state index contributed by atoms with van der Waals surface area (Å²) in [7, 11) is 0. The molecule has 1 fully saturated rings. The van der Waals surface area contributed by atoms with Gasteiger partial charge in [0.2, 0.25) is 11.9 Å². The van der Waals surface area contributed by atoms with Crippen LogP contribution >= 0.6 is 0 Å². The molecule has 2 aliphatic rings. The fourth-order valence-electron chi connectivity index (χ4n) is 5.09. The van der Waals surface area contributed by atoms with Crippen LogP contribution in [0.3, 0.4) is 0 Å². The number of anilines is 1. The fourth-order valence-corrected chi connectivity index (χ4v) is 5.09. The number of imidazole rings is 1. The van der Waals surface area contributed by atoms with E-state index in [1.807, 2.05) is 64.1 Å². The van der Waals surface area contributed by atoms with E-state index in [-0.39, 0.29) is 24.3 Å². The van der Waals surface area contributed by atoms with Crippen LogP contribution in [0.4, 0.5) is 5.95 Å². The standard InChI is InChI=1S/C25H28N4O2/c1-17-9-5-7-13-20(17)29-24(31)22(15-23(30)26-16-18-10-3-2-4-11-18)28-21-14-8-6-12-19(21)27-25(28)29/h2-4,6,8,10-12,14,17,20,22H,5,7,9,13,15-16H2,1H3,(H,26,30)/t17-,20+,22-/m1/s1. The summed E-state index contributed by atoms with van der Waals surface area (Å²) in [5, 5.41) is 2.98. The molecule has 3 atom stereocenters. The van der Waals surface area contributed by atoms with Crippen LogP contribution < -0.4 is 10.2 Å². The molecule has 3 aromatic rings. The number of rotatable bonds is 5. The minimum atomic E-state index is -0.549. The first kappa shape index (κ1) is 19.8. The highest BCUT2D eigenvalue weighted by Gasteiger charge is 2.45. The number of carbonyl (C=O) groups excluding carboxylic acids is 2. The Morgan fingerprint density at radius 2 is 1.81 bits per heavy atom. The van der Waals surface area contributed by atoms with Crippen molar-refractivity contribution in [3.05, 3.63) is 60.2 Å². The summed E-state index contributed by atoms with van der Waals surface area (Å²) in [5.41, 5.74) is 2.82. The van der Waals surface area contributed by atoms with E-state index in [1.54, 1.807) is 0 Å². The summed E-state index contributed by atoms with van der Waals surface area (Å²) in [6.45, 7) is 2.69. The van der Waals surface area contributed by atoms with Gasteiger partial charge in [0.1, 0.15) is 6.04 Å². The molecule has 2 heterocycles. The molecule has 1 aliphatic carbocycles. The molecule has 1 N–H and O–H groups in total. The normalized spacial score (nSPS) is 23.2. The van der Waals surface area contributed by atoms with E-state index in [0.717, 1.165) is 35.9 Å². The zero-order valence-electron chi connectivity index (χ0n) is 17.8. The molecule has 5 rings (SSSR count). The summed E-state index contributed by atoms with van der Waals surface area (Å²) in [6, 6.07) is 17.3. The molecule has 160 valence electrons. The Morgan fingerprint density at radius 1 is 1.06 bits per heavy atom. The topological polar surface area (TPSA) is 67.2 Å². The Labute approximate surface area is 182 Å². The van der Waals surface area contributed by atoms with Gasteiger partial charge in [0.25, 0.3) is 5.91 Å². The number of nitrogens with zero attached hydrogens (tertiary/aromatic N) is 3. The molecule has 1 aromatic heterocycles. The number of carbonyl (C=O) groups is 2. The first-order chi connectivity index (χ1) is 15.1. The average molecular weight is 417 g/mol. The molecule has 1 aliphatic heterocycles. The van der Waals surface area contributed by atoms with Crippen LogP contribution in [0.2, 0.25) is 0 Å². The summed E-state index contributed by atoms with van der Waals surface area (Å²) in [5.74, 6) is 1.01. The number of amides is 2. The van der Waals surface area contributed by atoms with Crippen molar-refractivity contribution >= 4 is 28.8 Å². The molecular formula is C25H28N4O2. The van der Waals surface area contributed by atoms with Crippen LogP contribution in [0.1, 0.15) is 50.6 Å². The van der Waals surface area contributed by atoms with Crippen molar-refractivity contribution in [1.82, 2.24) is 14.9 Å². The molecule has 0 unspecified atom stereocenters. The van der Waals surface area contributed by atoms with E-state index >= 15 is 0 Å². The van der Waals surface area contributed by atoms with Gasteiger partial charge < -0.3 is 5.32 Å². The van der Waals surface area contributed by atoms with Gasteiger partial charge in [0.05, 0.1) is 17.5 Å². The molecule has 0 radical (unpaired) electrons. The second-order valence-corrected chi connectivity index (χ2v) is 8.79. The van der Waals surface area contributed by atoms with E-state index in [1.165, 1.54) is 6.42 Å². The minimum Gasteiger partial charge on any atom is -0.352 e. The number of hydrogen-bond donors (Lipinski definition) is 1. The number of aromatic nitrogens is 2. The fraction of sp³-hybridized carbons (Fsp3) is 0.400. The third kappa shape index (κ3) is 3.60. The van der Waals surface area contributed by atoms with Crippen LogP contribution in [0.15, 0.2) is 54.6 Å². The molecular weight excluding hydrogens is 388 g/mol. The van der Waals surface area contributed by atoms with Crippen molar-refractivity contribution in [1.29, 1.82) is 0 Å². The lowest BCUT2D eigenvalue weighted by Crippen LogP contribution is -2.45. The van der Waals surface area contributed by atoms with Crippen molar-refractivity contribution in [3.63, 3.8) is 0 Å². The van der Waals surface area contributed by atoms with Crippen LogP contribution in [0, 0.1) is 5.92 Å². The maximum absolute atomic E-state index is 13.6. The summed E-state index contributed by atoms with van der Waals surface area (Å²) in [4.78, 5) is 33.1. The van der Waals surface area contributed by atoms with E-state index in [4.69, 9.17) is 4.98 Å². The number of fused-ring (bicyclic) bond motifs is 3. The second kappa shape index (κ2) is 8.17. The van der Waals surface area contributed by atoms with Gasteiger partial charge >= 0.3 is 0 Å². The number of hydrogen-bond acceptors (Lipinski definition) is 3. The molecule has 6 nitrogen and oxygen atoms in total. The van der Waals surface area contributed by atoms with Gasteiger partial charge in [0.15, 0.2) is 0 Å². The van der Waals surface area contributed by atoms with E-state index in [9.17, 15) is 9.59 Å². The predicted molar refractivity (Wildman–Crippen MR) is 121 cm³/mol. The van der Waals surface area contributed by atoms with E-state index < -0.39 is 6.04 Å². The molecule has 6 heteroatoms.